The van der Waals surface area contributed by atoms with Gasteiger partial charge in [0.1, 0.15) is 0 Å². The number of pyridine rings is 1. The van der Waals surface area contributed by atoms with Crippen LogP contribution in [-0.2, 0) is 4.57 Å². The van der Waals surface area contributed by atoms with Crippen LogP contribution in [0.1, 0.15) is 0 Å². The van der Waals surface area contributed by atoms with E-state index in [0.717, 1.165) is 10.9 Å². The van der Waals surface area contributed by atoms with E-state index in [1.807, 2.05) is 36.4 Å². The fourth-order valence-corrected chi connectivity index (χ4v) is 2.79. The highest BCUT2D eigenvalue weighted by molar-refractivity contribution is 7.32. The molecule has 0 aliphatic rings. The summed E-state index contributed by atoms with van der Waals surface area (Å²) in [6, 6.07) is 14.8. The molecule has 0 bridgehead atoms. The zero-order valence-electron chi connectivity index (χ0n) is 13.1. The maximum Gasteiger partial charge on any atom is 0.366 e. The Kier molecular flexibility index (Phi) is 4.69. The largest absolute Gasteiger partial charge is 0.493 e. The molecule has 6 nitrogen and oxygen atoms in total. The van der Waals surface area contributed by atoms with Crippen molar-refractivity contribution in [3.05, 3.63) is 48.5 Å². The molecular formula is C17H16NO5P. The highest BCUT2D eigenvalue weighted by Gasteiger charge is 2.14. The van der Waals surface area contributed by atoms with Gasteiger partial charge >= 0.3 is 8.25 Å². The van der Waals surface area contributed by atoms with Gasteiger partial charge in [-0.2, -0.15) is 0 Å². The van der Waals surface area contributed by atoms with E-state index in [1.165, 1.54) is 7.11 Å². The third-order valence-electron chi connectivity index (χ3n) is 3.55. The molecule has 0 aliphatic heterocycles. The fourth-order valence-electron chi connectivity index (χ4n) is 2.47. The second-order valence-corrected chi connectivity index (χ2v) is 5.71. The fraction of sp³-hybridized carbons (Fsp3) is 0.118. The quantitative estimate of drug-likeness (QED) is 0.711. The van der Waals surface area contributed by atoms with Crippen LogP contribution in [0.2, 0.25) is 0 Å². The molecule has 0 fully saturated rings. The van der Waals surface area contributed by atoms with Gasteiger partial charge in [-0.15, -0.1) is 0 Å². The summed E-state index contributed by atoms with van der Waals surface area (Å²) in [7, 11) is -0.127. The molecule has 1 N–H and O–H groups in total. The van der Waals surface area contributed by atoms with Crippen LogP contribution in [0, 0.1) is 0 Å². The molecular weight excluding hydrogens is 329 g/mol. The Bertz CT molecular complexity index is 898. The lowest BCUT2D eigenvalue weighted by Gasteiger charge is -2.13. The molecule has 0 radical (unpaired) electrons. The van der Waals surface area contributed by atoms with E-state index in [1.54, 1.807) is 19.2 Å². The molecule has 0 saturated heterocycles. The van der Waals surface area contributed by atoms with Gasteiger partial charge in [0.05, 0.1) is 19.9 Å². The number of hydrogen-bond acceptors (Lipinski definition) is 5. The van der Waals surface area contributed by atoms with Gasteiger partial charge in [0.2, 0.25) is 5.88 Å². The van der Waals surface area contributed by atoms with Crippen molar-refractivity contribution < 1.29 is 23.5 Å². The Morgan fingerprint density at radius 3 is 2.29 bits per heavy atom. The highest BCUT2D eigenvalue weighted by Crippen LogP contribution is 2.39. The summed E-state index contributed by atoms with van der Waals surface area (Å²) < 4.78 is 26.9. The van der Waals surface area contributed by atoms with Crippen LogP contribution < -0.4 is 14.0 Å². The maximum absolute atomic E-state index is 11.2. The Balaban J connectivity index is 2.27. The monoisotopic (exact) mass is 345 g/mol. The van der Waals surface area contributed by atoms with E-state index >= 15 is 0 Å². The van der Waals surface area contributed by atoms with E-state index in [9.17, 15) is 9.46 Å². The second kappa shape index (κ2) is 6.91. The molecule has 2 aromatic carbocycles. The molecule has 0 amide bonds. The van der Waals surface area contributed by atoms with Crippen LogP contribution in [0.5, 0.6) is 17.4 Å². The summed E-state index contributed by atoms with van der Waals surface area (Å²) in [5.41, 5.74) is 1.50. The number of fused-ring (bicyclic) bond motifs is 1. The maximum atomic E-state index is 11.2. The smallest absolute Gasteiger partial charge is 0.366 e. The topological polar surface area (TPSA) is 77.9 Å². The summed E-state index contributed by atoms with van der Waals surface area (Å²) in [6.45, 7) is 0. The molecule has 1 heterocycles. The first-order valence-corrected chi connectivity index (χ1v) is 8.41. The predicted octanol–water partition coefficient (Wildman–Crippen LogP) is 3.68. The first kappa shape index (κ1) is 16.3. The Labute approximate surface area is 139 Å². The minimum atomic E-state index is -3.19. The van der Waals surface area contributed by atoms with Crippen molar-refractivity contribution in [2.45, 2.75) is 0 Å². The van der Waals surface area contributed by atoms with E-state index in [0.29, 0.717) is 22.6 Å². The van der Waals surface area contributed by atoms with Crippen molar-refractivity contribution in [3.8, 4) is 28.6 Å². The zero-order chi connectivity index (χ0) is 17.1. The molecule has 3 rings (SSSR count). The lowest BCUT2D eigenvalue weighted by atomic mass is 10.1. The summed E-state index contributed by atoms with van der Waals surface area (Å²) in [6.07, 6.45) is 0. The molecule has 24 heavy (non-hydrogen) atoms. The van der Waals surface area contributed by atoms with Crippen molar-refractivity contribution in [1.82, 2.24) is 4.98 Å². The van der Waals surface area contributed by atoms with Gasteiger partial charge in [0, 0.05) is 10.9 Å². The van der Waals surface area contributed by atoms with Crippen molar-refractivity contribution in [2.75, 3.05) is 14.2 Å². The average Bonchev–Trinajstić information content (AvgIpc) is 2.60. The number of ether oxygens (including phenoxy) is 2. The van der Waals surface area contributed by atoms with Gasteiger partial charge in [-0.3, -0.25) is 0 Å². The predicted molar refractivity (Wildman–Crippen MR) is 92.1 cm³/mol. The van der Waals surface area contributed by atoms with Crippen LogP contribution in [0.3, 0.4) is 0 Å². The minimum Gasteiger partial charge on any atom is -0.493 e. The number of hydrogen-bond donors (Lipinski definition) is 1. The number of nitrogens with zero attached hydrogens (tertiary/aromatic N) is 1. The average molecular weight is 345 g/mol. The normalized spacial score (nSPS) is 12.0. The van der Waals surface area contributed by atoms with Gasteiger partial charge in [0.25, 0.3) is 0 Å². The van der Waals surface area contributed by atoms with E-state index in [4.69, 9.17) is 14.0 Å². The SMILES string of the molecule is COc1cc2cc(-c3ccccc3)nc(O[PH](=O)O)c2cc1OC. The number of aromatic nitrogens is 1. The van der Waals surface area contributed by atoms with Gasteiger partial charge < -0.3 is 18.9 Å². The molecule has 1 unspecified atom stereocenters. The molecule has 0 aliphatic carbocycles. The molecule has 1 aromatic heterocycles. The van der Waals surface area contributed by atoms with Crippen molar-refractivity contribution in [2.24, 2.45) is 0 Å². The Morgan fingerprint density at radius 2 is 1.67 bits per heavy atom. The Morgan fingerprint density at radius 1 is 1.00 bits per heavy atom. The number of methoxy groups -OCH3 is 2. The lowest BCUT2D eigenvalue weighted by molar-refractivity contribution is 0.355. The van der Waals surface area contributed by atoms with E-state index < -0.39 is 8.25 Å². The summed E-state index contributed by atoms with van der Waals surface area (Å²) in [5, 5.41) is 1.33. The van der Waals surface area contributed by atoms with Crippen molar-refractivity contribution in [3.63, 3.8) is 0 Å². The van der Waals surface area contributed by atoms with Gasteiger partial charge in [-0.05, 0) is 23.6 Å². The third-order valence-corrected chi connectivity index (χ3v) is 3.92. The summed E-state index contributed by atoms with van der Waals surface area (Å²) in [4.78, 5) is 13.6. The molecule has 1 atom stereocenters. The minimum absolute atomic E-state index is 0.0821. The Hall–Kier alpha value is -2.56. The van der Waals surface area contributed by atoms with Crippen LogP contribution >= 0.6 is 8.25 Å². The standard InChI is InChI=1S/C17H16NO5P/c1-21-15-9-12-8-14(11-6-4-3-5-7-11)18-17(23-24(19)20)13(12)10-16(15)22-2/h3-10,24H,1-2H3,(H,19,20). The number of benzene rings is 2. The summed E-state index contributed by atoms with van der Waals surface area (Å²) >= 11 is 0. The number of rotatable bonds is 5. The first-order chi connectivity index (χ1) is 11.6. The molecule has 3 aromatic rings. The van der Waals surface area contributed by atoms with Crippen LogP contribution in [0.4, 0.5) is 0 Å². The van der Waals surface area contributed by atoms with Crippen molar-refractivity contribution in [1.29, 1.82) is 0 Å². The van der Waals surface area contributed by atoms with Crippen LogP contribution in [0.25, 0.3) is 22.0 Å². The lowest BCUT2D eigenvalue weighted by Crippen LogP contribution is -1.95. The summed E-state index contributed by atoms with van der Waals surface area (Å²) in [5.74, 6) is 1.12. The van der Waals surface area contributed by atoms with Crippen LogP contribution in [-0.4, -0.2) is 24.1 Å². The van der Waals surface area contributed by atoms with E-state index in [-0.39, 0.29) is 5.88 Å². The van der Waals surface area contributed by atoms with Gasteiger partial charge in [-0.25, -0.2) is 9.55 Å². The highest BCUT2D eigenvalue weighted by atomic mass is 31.1. The second-order valence-electron chi connectivity index (χ2n) is 4.97. The molecule has 124 valence electrons. The van der Waals surface area contributed by atoms with E-state index in [2.05, 4.69) is 4.98 Å². The molecule has 7 heteroatoms. The van der Waals surface area contributed by atoms with Gasteiger partial charge in [0.15, 0.2) is 11.5 Å². The van der Waals surface area contributed by atoms with Crippen molar-refractivity contribution >= 4 is 19.0 Å². The van der Waals surface area contributed by atoms with Gasteiger partial charge in [-0.1, -0.05) is 30.3 Å². The van der Waals surface area contributed by atoms with Crippen LogP contribution in [0.15, 0.2) is 48.5 Å². The first-order valence-electron chi connectivity index (χ1n) is 7.15. The third kappa shape index (κ3) is 3.20. The zero-order valence-corrected chi connectivity index (χ0v) is 14.1. The molecule has 0 spiro atoms. The molecule has 0 saturated carbocycles.